The number of aliphatic hydroxyl groups excluding tert-OH is 2. The Morgan fingerprint density at radius 1 is 0.600 bits per heavy atom. The lowest BCUT2D eigenvalue weighted by Gasteiger charge is -2.20. The molecule has 0 fully saturated rings. The lowest BCUT2D eigenvalue weighted by molar-refractivity contribution is -0.161. The quantitative estimate of drug-likeness (QED) is 0.0249. The van der Waals surface area contributed by atoms with Crippen molar-refractivity contribution in [3.05, 3.63) is 48.6 Å². The highest BCUT2D eigenvalue weighted by atomic mass is 31.2. The van der Waals surface area contributed by atoms with E-state index in [1.807, 2.05) is 0 Å². The molecule has 0 radical (unpaired) electrons. The van der Waals surface area contributed by atoms with Gasteiger partial charge in [-0.15, -0.1) is 0 Å². The van der Waals surface area contributed by atoms with Crippen LogP contribution in [-0.2, 0) is 32.7 Å². The summed E-state index contributed by atoms with van der Waals surface area (Å²) in [7, 11) is -4.62. The summed E-state index contributed by atoms with van der Waals surface area (Å²) >= 11 is 0. The molecule has 0 rings (SSSR count). The van der Waals surface area contributed by atoms with Crippen LogP contribution in [0.15, 0.2) is 48.6 Å². The van der Waals surface area contributed by atoms with Crippen LogP contribution in [0.5, 0.6) is 0 Å². The molecule has 11 heteroatoms. The van der Waals surface area contributed by atoms with Gasteiger partial charge in [0.1, 0.15) is 12.7 Å². The Bertz CT molecular complexity index is 978. The van der Waals surface area contributed by atoms with Crippen molar-refractivity contribution >= 4 is 19.8 Å². The molecule has 3 N–H and O–H groups in total. The van der Waals surface area contributed by atoms with Crippen LogP contribution in [0.25, 0.3) is 0 Å². The summed E-state index contributed by atoms with van der Waals surface area (Å²) in [6.07, 6.45) is 35.1. The molecule has 0 saturated carbocycles. The normalized spacial score (nSPS) is 14.6. The number of hydrogen-bond donors (Lipinski definition) is 3. The molecule has 0 aliphatic rings. The number of carbonyl (C=O) groups is 2. The first-order chi connectivity index (χ1) is 24.2. The predicted molar refractivity (Wildman–Crippen MR) is 201 cm³/mol. The number of rotatable bonds is 35. The van der Waals surface area contributed by atoms with Crippen LogP contribution in [-0.4, -0.2) is 65.7 Å². The van der Waals surface area contributed by atoms with Gasteiger partial charge in [0.05, 0.1) is 19.8 Å². The van der Waals surface area contributed by atoms with Gasteiger partial charge in [-0.25, -0.2) is 4.57 Å². The number of phosphoric ester groups is 1. The Morgan fingerprint density at radius 2 is 1.08 bits per heavy atom. The zero-order valence-corrected chi connectivity index (χ0v) is 32.0. The molecule has 50 heavy (non-hydrogen) atoms. The Balaban J connectivity index is 4.40. The van der Waals surface area contributed by atoms with E-state index in [1.54, 1.807) is 0 Å². The molecule has 10 nitrogen and oxygen atoms in total. The SMILES string of the molecule is CCC/C=C/C/C=C/C/C=C/C/C=C/CCCCCC(=O)OC[C@@H](COP(=O)(O)OC[C@H](O)CO)OC(=O)CCCCCCCCCCCC. The van der Waals surface area contributed by atoms with E-state index < -0.39 is 51.8 Å². The van der Waals surface area contributed by atoms with E-state index in [0.29, 0.717) is 12.8 Å². The van der Waals surface area contributed by atoms with Crippen molar-refractivity contribution in [3.63, 3.8) is 0 Å². The second-order valence-corrected chi connectivity index (χ2v) is 14.1. The monoisotopic (exact) mass is 728 g/mol. The van der Waals surface area contributed by atoms with E-state index in [4.69, 9.17) is 19.1 Å². The molecule has 0 saturated heterocycles. The molecule has 0 bridgehead atoms. The van der Waals surface area contributed by atoms with E-state index in [1.165, 1.54) is 44.9 Å². The van der Waals surface area contributed by atoms with Crippen LogP contribution in [0.1, 0.15) is 149 Å². The molecule has 1 unspecified atom stereocenters. The molecule has 0 aliphatic carbocycles. The molecule has 0 heterocycles. The average Bonchev–Trinajstić information content (AvgIpc) is 3.10. The van der Waals surface area contributed by atoms with E-state index in [9.17, 15) is 24.2 Å². The van der Waals surface area contributed by atoms with Crippen LogP contribution in [0.3, 0.4) is 0 Å². The summed E-state index contributed by atoms with van der Waals surface area (Å²) in [5.41, 5.74) is 0. The Kier molecular flexibility index (Phi) is 33.9. The summed E-state index contributed by atoms with van der Waals surface area (Å²) in [6.45, 7) is 2.23. The zero-order valence-electron chi connectivity index (χ0n) is 31.1. The molecule has 0 amide bonds. The molecule has 0 spiro atoms. The van der Waals surface area contributed by atoms with Gasteiger partial charge in [0, 0.05) is 12.8 Å². The van der Waals surface area contributed by atoms with E-state index >= 15 is 0 Å². The van der Waals surface area contributed by atoms with Gasteiger partial charge in [-0.3, -0.25) is 18.6 Å². The maximum Gasteiger partial charge on any atom is 0.472 e. The second-order valence-electron chi connectivity index (χ2n) is 12.6. The Hall–Kier alpha value is -2.07. The minimum atomic E-state index is -4.62. The van der Waals surface area contributed by atoms with E-state index in [-0.39, 0.29) is 19.4 Å². The summed E-state index contributed by atoms with van der Waals surface area (Å²) in [6, 6.07) is 0. The second kappa shape index (κ2) is 35.3. The molecule has 290 valence electrons. The van der Waals surface area contributed by atoms with Crippen molar-refractivity contribution in [2.75, 3.05) is 26.4 Å². The summed E-state index contributed by atoms with van der Waals surface area (Å²) in [4.78, 5) is 34.8. The standard InChI is InChI=1S/C39H69O10P/c1-3-5-7-9-11-13-15-16-17-18-19-20-21-23-24-26-28-30-38(42)46-34-37(35-48-50(44,45)47-33-36(41)32-40)49-39(43)31-29-27-25-22-14-12-10-8-6-4-2/h7,9,13,15,17-18,20-21,36-37,40-41H,3-6,8,10-12,14,16,19,22-35H2,1-2H3,(H,44,45)/b9-7+,15-13+,18-17+,21-20+/t36-,37+/m1/s1. The first-order valence-electron chi connectivity index (χ1n) is 19.1. The number of carbonyl (C=O) groups excluding carboxylic acids is 2. The van der Waals surface area contributed by atoms with Crippen LogP contribution >= 0.6 is 7.82 Å². The molecule has 0 aromatic rings. The highest BCUT2D eigenvalue weighted by Crippen LogP contribution is 2.43. The number of unbranched alkanes of at least 4 members (excludes halogenated alkanes) is 13. The highest BCUT2D eigenvalue weighted by molar-refractivity contribution is 7.47. The number of phosphoric acid groups is 1. The van der Waals surface area contributed by atoms with Crippen molar-refractivity contribution in [2.45, 2.75) is 161 Å². The Labute approximate surface area is 303 Å². The third-order valence-corrected chi connectivity index (χ3v) is 8.67. The van der Waals surface area contributed by atoms with Crippen molar-refractivity contribution in [2.24, 2.45) is 0 Å². The first kappa shape index (κ1) is 47.9. The fraction of sp³-hybridized carbons (Fsp3) is 0.744. The lowest BCUT2D eigenvalue weighted by Crippen LogP contribution is -2.29. The maximum atomic E-state index is 12.5. The van der Waals surface area contributed by atoms with Gasteiger partial charge in [0.25, 0.3) is 0 Å². The number of esters is 2. The van der Waals surface area contributed by atoms with Gasteiger partial charge in [0.2, 0.25) is 0 Å². The fourth-order valence-corrected chi connectivity index (χ4v) is 5.54. The van der Waals surface area contributed by atoms with Gasteiger partial charge in [0.15, 0.2) is 6.10 Å². The van der Waals surface area contributed by atoms with Gasteiger partial charge >= 0.3 is 19.8 Å². The third-order valence-electron chi connectivity index (χ3n) is 7.72. The summed E-state index contributed by atoms with van der Waals surface area (Å²) in [5.74, 6) is -0.966. The van der Waals surface area contributed by atoms with Crippen molar-refractivity contribution < 1.29 is 47.8 Å². The van der Waals surface area contributed by atoms with Crippen molar-refractivity contribution in [3.8, 4) is 0 Å². The van der Waals surface area contributed by atoms with Crippen molar-refractivity contribution in [1.29, 1.82) is 0 Å². The highest BCUT2D eigenvalue weighted by Gasteiger charge is 2.27. The van der Waals surface area contributed by atoms with E-state index in [2.05, 4.69) is 67.0 Å². The van der Waals surface area contributed by atoms with Crippen LogP contribution in [0.2, 0.25) is 0 Å². The Morgan fingerprint density at radius 3 is 1.64 bits per heavy atom. The first-order valence-corrected chi connectivity index (χ1v) is 20.6. The van der Waals surface area contributed by atoms with Crippen molar-refractivity contribution in [1.82, 2.24) is 0 Å². The molecule has 3 atom stereocenters. The smallest absolute Gasteiger partial charge is 0.462 e. The molecule has 0 aliphatic heterocycles. The summed E-state index contributed by atoms with van der Waals surface area (Å²) in [5, 5.41) is 18.3. The summed E-state index contributed by atoms with van der Waals surface area (Å²) < 4.78 is 32.5. The lowest BCUT2D eigenvalue weighted by atomic mass is 10.1. The molecular formula is C39H69O10P. The third kappa shape index (κ3) is 34.4. The van der Waals surface area contributed by atoms with Gasteiger partial charge < -0.3 is 24.6 Å². The topological polar surface area (TPSA) is 149 Å². The zero-order chi connectivity index (χ0) is 37.0. The molecular weight excluding hydrogens is 659 g/mol. The van der Waals surface area contributed by atoms with Crippen LogP contribution in [0.4, 0.5) is 0 Å². The van der Waals surface area contributed by atoms with Crippen LogP contribution < -0.4 is 0 Å². The number of allylic oxidation sites excluding steroid dienone is 8. The number of aliphatic hydroxyl groups is 2. The largest absolute Gasteiger partial charge is 0.472 e. The predicted octanol–water partition coefficient (Wildman–Crippen LogP) is 9.38. The van der Waals surface area contributed by atoms with Crippen LogP contribution in [0, 0.1) is 0 Å². The van der Waals surface area contributed by atoms with Gasteiger partial charge in [-0.05, 0) is 51.4 Å². The number of ether oxygens (including phenoxy) is 2. The number of hydrogen-bond acceptors (Lipinski definition) is 9. The molecule has 0 aromatic heterocycles. The minimum absolute atomic E-state index is 0.177. The minimum Gasteiger partial charge on any atom is -0.462 e. The van der Waals surface area contributed by atoms with Gasteiger partial charge in [-0.2, -0.15) is 0 Å². The fourth-order valence-electron chi connectivity index (χ4n) is 4.75. The van der Waals surface area contributed by atoms with Gasteiger partial charge in [-0.1, -0.05) is 133 Å². The average molecular weight is 729 g/mol. The van der Waals surface area contributed by atoms with E-state index in [0.717, 1.165) is 64.2 Å². The maximum absolute atomic E-state index is 12.5. The molecule has 0 aromatic carbocycles.